The summed E-state index contributed by atoms with van der Waals surface area (Å²) >= 11 is 0. The fourth-order valence-corrected chi connectivity index (χ4v) is 2.02. The molecule has 0 aliphatic heterocycles. The van der Waals surface area contributed by atoms with Crippen molar-refractivity contribution < 1.29 is 9.48 Å². The first kappa shape index (κ1) is 13.1. The molecule has 0 saturated carbocycles. The van der Waals surface area contributed by atoms with Gasteiger partial charge >= 0.3 is 5.91 Å². The summed E-state index contributed by atoms with van der Waals surface area (Å²) in [5.74, 6) is 0.478. The average Bonchev–Trinajstić information content (AvgIpc) is 2.90. The van der Waals surface area contributed by atoms with E-state index in [4.69, 9.17) is 0 Å². The van der Waals surface area contributed by atoms with Crippen LogP contribution in [0.3, 0.4) is 0 Å². The molecule has 0 spiro atoms. The summed E-state index contributed by atoms with van der Waals surface area (Å²) in [5, 5.41) is 7.20. The van der Waals surface area contributed by atoms with Gasteiger partial charge in [-0.3, -0.25) is 4.79 Å². The highest BCUT2D eigenvalue weighted by Crippen LogP contribution is 2.08. The molecular weight excluding hydrogens is 264 g/mol. The lowest BCUT2D eigenvalue weighted by Crippen LogP contribution is -2.35. The van der Waals surface area contributed by atoms with Crippen molar-refractivity contribution in [1.82, 2.24) is 9.90 Å². The summed E-state index contributed by atoms with van der Waals surface area (Å²) in [4.78, 5) is 12.2. The predicted molar refractivity (Wildman–Crippen MR) is 79.1 cm³/mol. The van der Waals surface area contributed by atoms with Crippen molar-refractivity contribution in [3.63, 3.8) is 0 Å². The highest BCUT2D eigenvalue weighted by Gasteiger charge is 2.17. The third kappa shape index (κ3) is 2.81. The van der Waals surface area contributed by atoms with E-state index in [0.29, 0.717) is 11.4 Å². The Hall–Kier alpha value is -2.95. The third-order valence-corrected chi connectivity index (χ3v) is 3.12. The Balaban J connectivity index is 1.84. The monoisotopic (exact) mass is 279 g/mol. The van der Waals surface area contributed by atoms with E-state index in [1.54, 1.807) is 34.7 Å². The lowest BCUT2D eigenvalue weighted by Gasteiger charge is -1.97. The number of amides is 1. The van der Waals surface area contributed by atoms with Gasteiger partial charge in [-0.1, -0.05) is 36.4 Å². The lowest BCUT2D eigenvalue weighted by molar-refractivity contribution is -0.718. The molecule has 5 nitrogen and oxygen atoms in total. The summed E-state index contributed by atoms with van der Waals surface area (Å²) in [5.41, 5.74) is 1.55. The van der Waals surface area contributed by atoms with Crippen LogP contribution in [0.2, 0.25) is 0 Å². The average molecular weight is 279 g/mol. The van der Waals surface area contributed by atoms with E-state index in [-0.39, 0.29) is 5.91 Å². The standard InChI is InChI=1S/C16H14N4O/c1-19-15(17-16(21)13-8-4-2-5-9-13)12-20(18-19)14-10-6-3-7-11-14/h2-12H,1H3/p+1. The molecule has 0 unspecified atom stereocenters. The summed E-state index contributed by atoms with van der Waals surface area (Å²) in [6.45, 7) is 0. The van der Waals surface area contributed by atoms with Crippen molar-refractivity contribution in [2.45, 2.75) is 0 Å². The van der Waals surface area contributed by atoms with Gasteiger partial charge in [0.1, 0.15) is 5.69 Å². The zero-order chi connectivity index (χ0) is 14.7. The number of carbonyl (C=O) groups excluding carboxylic acids is 1. The first-order valence-electron chi connectivity index (χ1n) is 6.62. The molecule has 1 amide bonds. The van der Waals surface area contributed by atoms with E-state index < -0.39 is 0 Å². The number of benzene rings is 2. The highest BCUT2D eigenvalue weighted by molar-refractivity contribution is 6.03. The molecule has 3 rings (SSSR count). The van der Waals surface area contributed by atoms with E-state index in [0.717, 1.165) is 5.69 Å². The maximum Gasteiger partial charge on any atom is 0.311 e. The van der Waals surface area contributed by atoms with Gasteiger partial charge in [0.25, 0.3) is 5.82 Å². The molecule has 1 heterocycles. The molecule has 1 aromatic heterocycles. The second-order valence-electron chi connectivity index (χ2n) is 4.63. The Morgan fingerprint density at radius 2 is 1.67 bits per heavy atom. The molecule has 3 aromatic rings. The van der Waals surface area contributed by atoms with Crippen LogP contribution >= 0.6 is 0 Å². The van der Waals surface area contributed by atoms with Crippen LogP contribution in [-0.4, -0.2) is 15.8 Å². The van der Waals surface area contributed by atoms with E-state index >= 15 is 0 Å². The van der Waals surface area contributed by atoms with E-state index in [1.807, 2.05) is 48.5 Å². The number of para-hydroxylation sites is 1. The third-order valence-electron chi connectivity index (χ3n) is 3.12. The Bertz CT molecular complexity index is 750. The normalized spacial score (nSPS) is 10.3. The summed E-state index contributed by atoms with van der Waals surface area (Å²) in [6.07, 6.45) is 1.79. The quantitative estimate of drug-likeness (QED) is 0.745. The fraction of sp³-hybridized carbons (Fsp3) is 0.0625. The van der Waals surface area contributed by atoms with Gasteiger partial charge in [0, 0.05) is 5.21 Å². The Kier molecular flexibility index (Phi) is 3.47. The van der Waals surface area contributed by atoms with Crippen LogP contribution in [0, 0.1) is 0 Å². The van der Waals surface area contributed by atoms with Crippen molar-refractivity contribution in [2.24, 2.45) is 7.05 Å². The van der Waals surface area contributed by atoms with Gasteiger partial charge in [-0.15, -0.1) is 9.36 Å². The van der Waals surface area contributed by atoms with Crippen molar-refractivity contribution in [3.05, 3.63) is 72.4 Å². The second-order valence-corrected chi connectivity index (χ2v) is 4.63. The van der Waals surface area contributed by atoms with Gasteiger partial charge in [-0.2, -0.15) is 0 Å². The predicted octanol–water partition coefficient (Wildman–Crippen LogP) is 1.95. The molecule has 0 fully saturated rings. The number of aryl methyl sites for hydroxylation is 1. The molecule has 0 radical (unpaired) electrons. The smallest absolute Gasteiger partial charge is 0.251 e. The number of nitrogens with one attached hydrogen (secondary N) is 1. The molecule has 0 saturated heterocycles. The molecule has 104 valence electrons. The molecule has 0 bridgehead atoms. The van der Waals surface area contributed by atoms with Crippen LogP contribution in [-0.2, 0) is 7.05 Å². The first-order chi connectivity index (χ1) is 10.2. The minimum absolute atomic E-state index is 0.154. The van der Waals surface area contributed by atoms with Crippen molar-refractivity contribution >= 4 is 11.7 Å². The maximum absolute atomic E-state index is 12.2. The van der Waals surface area contributed by atoms with Crippen LogP contribution in [0.15, 0.2) is 66.9 Å². The van der Waals surface area contributed by atoms with Crippen LogP contribution < -0.4 is 10.00 Å². The Morgan fingerprint density at radius 3 is 2.33 bits per heavy atom. The topological polar surface area (TPSA) is 50.8 Å². The van der Waals surface area contributed by atoms with Crippen LogP contribution in [0.25, 0.3) is 5.69 Å². The minimum Gasteiger partial charge on any atom is -0.251 e. The molecule has 0 aliphatic rings. The van der Waals surface area contributed by atoms with Crippen LogP contribution in [0.4, 0.5) is 5.82 Å². The molecule has 5 heteroatoms. The Labute approximate surface area is 122 Å². The Morgan fingerprint density at radius 1 is 1.05 bits per heavy atom. The highest BCUT2D eigenvalue weighted by atomic mass is 16.1. The molecule has 0 aliphatic carbocycles. The number of carbonyl (C=O) groups is 1. The van der Waals surface area contributed by atoms with Crippen LogP contribution in [0.5, 0.6) is 0 Å². The largest absolute Gasteiger partial charge is 0.311 e. The number of nitrogens with zero attached hydrogens (tertiary/aromatic N) is 3. The second kappa shape index (κ2) is 5.58. The number of hydrogen-bond acceptors (Lipinski definition) is 2. The molecule has 0 atom stereocenters. The molecule has 1 N–H and O–H groups in total. The van der Waals surface area contributed by atoms with Gasteiger partial charge < -0.3 is 0 Å². The van der Waals surface area contributed by atoms with Crippen molar-refractivity contribution in [1.29, 1.82) is 0 Å². The summed E-state index contributed by atoms with van der Waals surface area (Å²) < 4.78 is 3.36. The zero-order valence-corrected chi connectivity index (χ0v) is 11.6. The number of rotatable bonds is 3. The van der Waals surface area contributed by atoms with Gasteiger partial charge in [-0.25, -0.2) is 5.32 Å². The van der Waals surface area contributed by atoms with Gasteiger partial charge in [-0.05, 0) is 24.3 Å². The minimum atomic E-state index is -0.154. The summed E-state index contributed by atoms with van der Waals surface area (Å²) in [7, 11) is 1.79. The van der Waals surface area contributed by atoms with Gasteiger partial charge in [0.15, 0.2) is 6.20 Å². The van der Waals surface area contributed by atoms with Gasteiger partial charge in [0.05, 0.1) is 12.6 Å². The number of aromatic nitrogens is 3. The molecular formula is C16H15N4O+. The maximum atomic E-state index is 12.2. The molecule has 2 aromatic carbocycles. The van der Waals surface area contributed by atoms with E-state index in [1.165, 1.54) is 0 Å². The SMILES string of the molecule is C[n+]1nn(-c2ccccc2)cc1NC(=O)c1ccccc1. The fourth-order valence-electron chi connectivity index (χ4n) is 2.02. The van der Waals surface area contributed by atoms with E-state index in [2.05, 4.69) is 10.5 Å². The van der Waals surface area contributed by atoms with Crippen molar-refractivity contribution in [2.75, 3.05) is 5.32 Å². The lowest BCUT2D eigenvalue weighted by atomic mass is 10.2. The summed E-state index contributed by atoms with van der Waals surface area (Å²) in [6, 6.07) is 18.8. The van der Waals surface area contributed by atoms with Gasteiger partial charge in [0.2, 0.25) is 0 Å². The van der Waals surface area contributed by atoms with Crippen molar-refractivity contribution in [3.8, 4) is 5.69 Å². The number of hydrogen-bond donors (Lipinski definition) is 1. The molecule has 21 heavy (non-hydrogen) atoms. The zero-order valence-electron chi connectivity index (χ0n) is 11.6. The first-order valence-corrected chi connectivity index (χ1v) is 6.62. The van der Waals surface area contributed by atoms with Crippen LogP contribution in [0.1, 0.15) is 10.4 Å². The number of anilines is 1. The van der Waals surface area contributed by atoms with E-state index in [9.17, 15) is 4.79 Å².